The van der Waals surface area contributed by atoms with Crippen LogP contribution in [0.5, 0.6) is 5.75 Å². The highest BCUT2D eigenvalue weighted by atomic mass is 32.1. The van der Waals surface area contributed by atoms with Crippen LogP contribution in [-0.4, -0.2) is 52.4 Å². The van der Waals surface area contributed by atoms with Gasteiger partial charge in [0.25, 0.3) is 6.43 Å². The molecule has 1 aromatic heterocycles. The van der Waals surface area contributed by atoms with Crippen molar-refractivity contribution in [3.63, 3.8) is 0 Å². The lowest BCUT2D eigenvalue weighted by atomic mass is 9.80. The van der Waals surface area contributed by atoms with Crippen molar-refractivity contribution in [2.24, 2.45) is 5.92 Å². The van der Waals surface area contributed by atoms with E-state index in [4.69, 9.17) is 4.74 Å². The minimum atomic E-state index is -2.73. The van der Waals surface area contributed by atoms with Crippen LogP contribution >= 0.6 is 11.5 Å². The van der Waals surface area contributed by atoms with Crippen molar-refractivity contribution in [1.82, 2.24) is 19.6 Å². The average Bonchev–Trinajstić information content (AvgIpc) is 3.59. The Balaban J connectivity index is 1.36. The van der Waals surface area contributed by atoms with Gasteiger partial charge < -0.3 is 20.3 Å². The number of ether oxygens (including phenoxy) is 1. The van der Waals surface area contributed by atoms with Crippen LogP contribution in [0.4, 0.5) is 23.7 Å². The van der Waals surface area contributed by atoms with E-state index in [9.17, 15) is 22.8 Å². The molecule has 39 heavy (non-hydrogen) atoms. The number of nitrogens with zero attached hydrogens (tertiary/aromatic N) is 3. The summed E-state index contributed by atoms with van der Waals surface area (Å²) in [6.45, 7) is 2.22. The van der Waals surface area contributed by atoms with Gasteiger partial charge in [0.1, 0.15) is 29.0 Å². The fourth-order valence-electron chi connectivity index (χ4n) is 5.13. The summed E-state index contributed by atoms with van der Waals surface area (Å²) in [5.41, 5.74) is 0.318. The molecule has 1 saturated heterocycles. The maximum atomic E-state index is 14.5. The van der Waals surface area contributed by atoms with Gasteiger partial charge in [0.05, 0.1) is 11.1 Å². The predicted octanol–water partition coefficient (Wildman–Crippen LogP) is 5.05. The zero-order valence-electron chi connectivity index (χ0n) is 21.4. The fourth-order valence-corrected chi connectivity index (χ4v) is 5.88. The lowest BCUT2D eigenvalue weighted by Gasteiger charge is -2.34. The molecule has 3 aromatic rings. The van der Waals surface area contributed by atoms with Crippen LogP contribution in [0.15, 0.2) is 42.7 Å². The Morgan fingerprint density at radius 3 is 2.67 bits per heavy atom. The third kappa shape index (κ3) is 5.29. The van der Waals surface area contributed by atoms with E-state index in [0.717, 1.165) is 0 Å². The van der Waals surface area contributed by atoms with Crippen LogP contribution in [0.25, 0.3) is 0 Å². The molecule has 2 aliphatic rings. The number of nitrogens with one attached hydrogen (secondary N) is 2. The molecule has 0 bridgehead atoms. The molecular weight excluding hydrogens is 531 g/mol. The van der Waals surface area contributed by atoms with E-state index in [1.165, 1.54) is 42.1 Å². The molecule has 1 aliphatic carbocycles. The number of benzene rings is 2. The molecule has 0 spiro atoms. The van der Waals surface area contributed by atoms with E-state index >= 15 is 0 Å². The number of carbonyl (C=O) groups is 2. The number of carbonyl (C=O) groups excluding carboxylic acids is 2. The predicted molar refractivity (Wildman–Crippen MR) is 140 cm³/mol. The van der Waals surface area contributed by atoms with E-state index in [2.05, 4.69) is 20.0 Å². The highest BCUT2D eigenvalue weighted by molar-refractivity contribution is 7.05. The number of alkyl halides is 2. The van der Waals surface area contributed by atoms with Crippen molar-refractivity contribution in [3.8, 4) is 5.75 Å². The molecular formula is C27H28F3N5O3S. The molecule has 0 radical (unpaired) electrons. The number of halogens is 3. The van der Waals surface area contributed by atoms with Gasteiger partial charge in [-0.15, -0.1) is 0 Å². The first kappa shape index (κ1) is 26.9. The second kappa shape index (κ2) is 10.8. The Morgan fingerprint density at radius 1 is 1.21 bits per heavy atom. The van der Waals surface area contributed by atoms with Gasteiger partial charge in [-0.1, -0.05) is 12.1 Å². The van der Waals surface area contributed by atoms with Crippen molar-refractivity contribution in [3.05, 3.63) is 70.2 Å². The molecule has 8 nitrogen and oxygen atoms in total. The molecule has 12 heteroatoms. The molecule has 2 aromatic carbocycles. The van der Waals surface area contributed by atoms with Gasteiger partial charge in [-0.2, -0.15) is 4.37 Å². The van der Waals surface area contributed by atoms with Gasteiger partial charge >= 0.3 is 6.03 Å². The summed E-state index contributed by atoms with van der Waals surface area (Å²) in [6, 6.07) is 8.38. The van der Waals surface area contributed by atoms with Crippen LogP contribution in [-0.2, 0) is 10.2 Å². The first-order valence-electron chi connectivity index (χ1n) is 12.6. The van der Waals surface area contributed by atoms with E-state index in [0.29, 0.717) is 41.9 Å². The minimum absolute atomic E-state index is 0.0715. The van der Waals surface area contributed by atoms with Crippen molar-refractivity contribution >= 4 is 29.2 Å². The number of rotatable bonds is 7. The first-order chi connectivity index (χ1) is 18.7. The Hall–Kier alpha value is -3.67. The zero-order chi connectivity index (χ0) is 27.7. The van der Waals surface area contributed by atoms with Crippen molar-refractivity contribution in [1.29, 1.82) is 0 Å². The third-order valence-electron chi connectivity index (χ3n) is 7.55. The molecule has 1 saturated carbocycles. The smallest absolute Gasteiger partial charge is 0.321 e. The van der Waals surface area contributed by atoms with Crippen LogP contribution < -0.4 is 15.4 Å². The monoisotopic (exact) mass is 559 g/mol. The zero-order valence-corrected chi connectivity index (χ0v) is 22.2. The normalized spacial score (nSPS) is 22.5. The van der Waals surface area contributed by atoms with Gasteiger partial charge in [0, 0.05) is 31.6 Å². The highest BCUT2D eigenvalue weighted by Crippen LogP contribution is 2.42. The van der Waals surface area contributed by atoms with Crippen molar-refractivity contribution in [2.45, 2.75) is 44.1 Å². The minimum Gasteiger partial charge on any atom is -0.488 e. The molecule has 2 N–H and O–H groups in total. The molecule has 1 aliphatic heterocycles. The number of hydrogen-bond donors (Lipinski definition) is 2. The second-order valence-electron chi connectivity index (χ2n) is 9.97. The third-order valence-corrected chi connectivity index (χ3v) is 8.42. The maximum absolute atomic E-state index is 14.5. The number of urea groups is 1. The van der Waals surface area contributed by atoms with E-state index in [1.807, 2.05) is 6.07 Å². The van der Waals surface area contributed by atoms with Crippen molar-refractivity contribution in [2.75, 3.05) is 25.5 Å². The molecule has 0 unspecified atom stereocenters. The maximum Gasteiger partial charge on any atom is 0.321 e. The lowest BCUT2D eigenvalue weighted by Crippen LogP contribution is -2.42. The Bertz CT molecular complexity index is 1370. The first-order valence-corrected chi connectivity index (χ1v) is 13.4. The van der Waals surface area contributed by atoms with E-state index < -0.39 is 17.9 Å². The standard InChI is InChI=1S/C27H28F3N5O3S/c1-15-3-5-18(12-20(15)28)27(25-32-14-33-39-25)7-8-35(13-27)26(37)34-21-11-16(23(29)30)4-6-22(21)38-19-9-17(10-19)24(36)31-2/h3-6,11-12,14,17,19,23H,7-10,13H2,1-2H3,(H,31,36)(H,34,37)/t17-,19-,27-/m0/s1. The van der Waals surface area contributed by atoms with Gasteiger partial charge in [-0.3, -0.25) is 4.79 Å². The number of hydrogen-bond acceptors (Lipinski definition) is 6. The summed E-state index contributed by atoms with van der Waals surface area (Å²) in [6.07, 6.45) is -0.0935. The Labute approximate surface area is 227 Å². The van der Waals surface area contributed by atoms with E-state index in [-0.39, 0.29) is 47.3 Å². The van der Waals surface area contributed by atoms with Gasteiger partial charge in [0.15, 0.2) is 0 Å². The number of anilines is 1. The molecule has 206 valence electrons. The quantitative estimate of drug-likeness (QED) is 0.422. The summed E-state index contributed by atoms with van der Waals surface area (Å²) in [7, 11) is 1.57. The van der Waals surface area contributed by atoms with Crippen molar-refractivity contribution < 1.29 is 27.5 Å². The molecule has 3 amide bonds. The summed E-state index contributed by atoms with van der Waals surface area (Å²) in [4.78, 5) is 31.2. The molecule has 2 fully saturated rings. The Kier molecular flexibility index (Phi) is 7.48. The summed E-state index contributed by atoms with van der Waals surface area (Å²) in [5.74, 6) is -0.330. The summed E-state index contributed by atoms with van der Waals surface area (Å²) >= 11 is 1.19. The highest BCUT2D eigenvalue weighted by Gasteiger charge is 2.45. The van der Waals surface area contributed by atoms with Crippen LogP contribution in [0.3, 0.4) is 0 Å². The number of aryl methyl sites for hydroxylation is 1. The largest absolute Gasteiger partial charge is 0.488 e. The topological polar surface area (TPSA) is 96.5 Å². The SMILES string of the molecule is CNC(=O)[C@H]1C[C@H](Oc2ccc(C(F)F)cc2NC(=O)N2CC[C@](c3ccc(C)c(F)c3)(c3ncns3)C2)C1. The van der Waals surface area contributed by atoms with Gasteiger partial charge in [-0.25, -0.2) is 22.9 Å². The number of amides is 3. The molecule has 5 rings (SSSR count). The summed E-state index contributed by atoms with van der Waals surface area (Å²) in [5, 5.41) is 6.02. The van der Waals surface area contributed by atoms with Crippen LogP contribution in [0, 0.1) is 18.7 Å². The van der Waals surface area contributed by atoms with Crippen LogP contribution in [0.1, 0.15) is 47.4 Å². The number of likely N-dealkylation sites (tertiary alicyclic amines) is 1. The summed E-state index contributed by atoms with van der Waals surface area (Å²) < 4.78 is 51.6. The molecule has 1 atom stereocenters. The molecule has 2 heterocycles. The van der Waals surface area contributed by atoms with Gasteiger partial charge in [0.2, 0.25) is 5.91 Å². The van der Waals surface area contributed by atoms with Crippen LogP contribution in [0.2, 0.25) is 0 Å². The van der Waals surface area contributed by atoms with E-state index in [1.54, 1.807) is 24.9 Å². The fraction of sp³-hybridized carbons (Fsp3) is 0.407. The Morgan fingerprint density at radius 2 is 2.00 bits per heavy atom. The van der Waals surface area contributed by atoms with Gasteiger partial charge in [-0.05, 0) is 73.1 Å². The number of aromatic nitrogens is 2. The lowest BCUT2D eigenvalue weighted by molar-refractivity contribution is -0.130. The second-order valence-corrected chi connectivity index (χ2v) is 10.8. The average molecular weight is 560 g/mol.